The number of carboxylic acid groups (broad SMARTS) is 1. The quantitative estimate of drug-likeness (QED) is 0.848. The van der Waals surface area contributed by atoms with Gasteiger partial charge < -0.3 is 10.4 Å². The Morgan fingerprint density at radius 1 is 1.32 bits per heavy atom. The van der Waals surface area contributed by atoms with Crippen LogP contribution < -0.4 is 5.32 Å². The first kappa shape index (κ1) is 16.5. The first-order valence-corrected chi connectivity index (χ1v) is 7.98. The highest BCUT2D eigenvalue weighted by atomic mass is 16.4. The summed E-state index contributed by atoms with van der Waals surface area (Å²) in [6.45, 7) is 3.77. The molecule has 0 radical (unpaired) electrons. The molecule has 0 bridgehead atoms. The number of amides is 1. The van der Waals surface area contributed by atoms with Crippen LogP contribution in [0.25, 0.3) is 0 Å². The molecule has 1 amide bonds. The average Bonchev–Trinajstić information content (AvgIpc) is 2.47. The summed E-state index contributed by atoms with van der Waals surface area (Å²) >= 11 is 0. The number of benzene rings is 1. The molecule has 1 aromatic carbocycles. The molecule has 4 heteroatoms. The highest BCUT2D eigenvalue weighted by Crippen LogP contribution is 2.33. The van der Waals surface area contributed by atoms with E-state index >= 15 is 0 Å². The molecule has 0 aromatic heterocycles. The number of nitrogens with one attached hydrogen (secondary N) is 1. The molecule has 1 atom stereocenters. The number of hydrogen-bond acceptors (Lipinski definition) is 2. The normalized spacial score (nSPS) is 17.6. The van der Waals surface area contributed by atoms with Crippen molar-refractivity contribution in [1.82, 2.24) is 5.32 Å². The van der Waals surface area contributed by atoms with Crippen LogP contribution in [0.2, 0.25) is 0 Å². The summed E-state index contributed by atoms with van der Waals surface area (Å²) in [6.07, 6.45) is 4.20. The van der Waals surface area contributed by atoms with Gasteiger partial charge in [-0.25, -0.2) is 0 Å². The monoisotopic (exact) mass is 303 g/mol. The number of carboxylic acids is 1. The van der Waals surface area contributed by atoms with E-state index in [0.29, 0.717) is 19.4 Å². The Morgan fingerprint density at radius 2 is 2.05 bits per heavy atom. The largest absolute Gasteiger partial charge is 0.481 e. The molecule has 22 heavy (non-hydrogen) atoms. The van der Waals surface area contributed by atoms with Crippen LogP contribution in [-0.2, 0) is 16.0 Å². The number of hydrogen-bond donors (Lipinski definition) is 2. The van der Waals surface area contributed by atoms with Gasteiger partial charge in [0.15, 0.2) is 0 Å². The SMILES string of the molecule is CC(C)(CCNC(=O)CC1CCCc2ccccc21)C(=O)O. The van der Waals surface area contributed by atoms with E-state index in [9.17, 15) is 9.59 Å². The average molecular weight is 303 g/mol. The molecule has 1 aliphatic carbocycles. The number of fused-ring (bicyclic) bond motifs is 1. The summed E-state index contributed by atoms with van der Waals surface area (Å²) in [5, 5.41) is 11.9. The standard InChI is InChI=1S/C18H25NO3/c1-18(2,17(21)22)10-11-19-16(20)12-14-8-5-7-13-6-3-4-9-15(13)14/h3-4,6,9,14H,5,7-8,10-12H2,1-2H3,(H,19,20)(H,21,22). The number of aryl methyl sites for hydroxylation is 1. The van der Waals surface area contributed by atoms with Crippen molar-refractivity contribution in [3.05, 3.63) is 35.4 Å². The van der Waals surface area contributed by atoms with E-state index in [-0.39, 0.29) is 11.8 Å². The van der Waals surface area contributed by atoms with Crippen molar-refractivity contribution in [2.24, 2.45) is 5.41 Å². The van der Waals surface area contributed by atoms with Gasteiger partial charge in [-0.15, -0.1) is 0 Å². The minimum atomic E-state index is -0.831. The number of carbonyl (C=O) groups excluding carboxylic acids is 1. The molecule has 120 valence electrons. The van der Waals surface area contributed by atoms with Crippen LogP contribution in [0.5, 0.6) is 0 Å². The Morgan fingerprint density at radius 3 is 2.77 bits per heavy atom. The van der Waals surface area contributed by atoms with Crippen molar-refractivity contribution in [1.29, 1.82) is 0 Å². The number of rotatable bonds is 6. The highest BCUT2D eigenvalue weighted by Gasteiger charge is 2.27. The Labute approximate surface area is 131 Å². The third kappa shape index (κ3) is 4.09. The Bertz CT molecular complexity index is 551. The molecule has 0 saturated heterocycles. The Kier molecular flexibility index (Phi) is 5.22. The van der Waals surface area contributed by atoms with Gasteiger partial charge in [0, 0.05) is 13.0 Å². The van der Waals surface area contributed by atoms with Gasteiger partial charge in [0.1, 0.15) is 0 Å². The molecule has 1 aromatic rings. The van der Waals surface area contributed by atoms with Gasteiger partial charge in [-0.3, -0.25) is 9.59 Å². The third-order valence-corrected chi connectivity index (χ3v) is 4.58. The summed E-state index contributed by atoms with van der Waals surface area (Å²) in [6, 6.07) is 8.36. The fraction of sp³-hybridized carbons (Fsp3) is 0.556. The van der Waals surface area contributed by atoms with Crippen LogP contribution in [0, 0.1) is 5.41 Å². The molecular weight excluding hydrogens is 278 g/mol. The topological polar surface area (TPSA) is 66.4 Å². The lowest BCUT2D eigenvalue weighted by Crippen LogP contribution is -2.32. The molecule has 1 unspecified atom stereocenters. The molecule has 0 saturated carbocycles. The van der Waals surface area contributed by atoms with Crippen molar-refractivity contribution in [3.63, 3.8) is 0 Å². The van der Waals surface area contributed by atoms with Gasteiger partial charge in [0.25, 0.3) is 0 Å². The molecule has 2 rings (SSSR count). The molecule has 0 aliphatic heterocycles. The molecule has 0 heterocycles. The van der Waals surface area contributed by atoms with Crippen LogP contribution in [0.1, 0.15) is 56.6 Å². The van der Waals surface area contributed by atoms with E-state index in [1.54, 1.807) is 13.8 Å². The smallest absolute Gasteiger partial charge is 0.309 e. The fourth-order valence-corrected chi connectivity index (χ4v) is 2.98. The van der Waals surface area contributed by atoms with Crippen molar-refractivity contribution in [2.75, 3.05) is 6.54 Å². The predicted molar refractivity (Wildman–Crippen MR) is 85.8 cm³/mol. The molecule has 2 N–H and O–H groups in total. The van der Waals surface area contributed by atoms with E-state index in [0.717, 1.165) is 19.3 Å². The number of aliphatic carboxylic acids is 1. The summed E-state index contributed by atoms with van der Waals surface area (Å²) < 4.78 is 0. The van der Waals surface area contributed by atoms with E-state index < -0.39 is 11.4 Å². The third-order valence-electron chi connectivity index (χ3n) is 4.58. The van der Waals surface area contributed by atoms with E-state index in [1.807, 2.05) is 6.07 Å². The fourth-order valence-electron chi connectivity index (χ4n) is 2.98. The van der Waals surface area contributed by atoms with Gasteiger partial charge >= 0.3 is 5.97 Å². The van der Waals surface area contributed by atoms with Crippen molar-refractivity contribution in [3.8, 4) is 0 Å². The minimum Gasteiger partial charge on any atom is -0.481 e. The van der Waals surface area contributed by atoms with Crippen LogP contribution in [0.4, 0.5) is 0 Å². The van der Waals surface area contributed by atoms with Crippen LogP contribution >= 0.6 is 0 Å². The van der Waals surface area contributed by atoms with Crippen LogP contribution in [0.3, 0.4) is 0 Å². The van der Waals surface area contributed by atoms with Gasteiger partial charge in [0.05, 0.1) is 5.41 Å². The summed E-state index contributed by atoms with van der Waals surface area (Å²) in [4.78, 5) is 23.2. The first-order valence-electron chi connectivity index (χ1n) is 7.98. The van der Waals surface area contributed by atoms with Gasteiger partial charge in [-0.1, -0.05) is 24.3 Å². The van der Waals surface area contributed by atoms with Crippen LogP contribution in [-0.4, -0.2) is 23.5 Å². The van der Waals surface area contributed by atoms with Gasteiger partial charge in [-0.05, 0) is 56.6 Å². The summed E-state index contributed by atoms with van der Waals surface area (Å²) in [5.74, 6) is -0.525. The zero-order valence-corrected chi connectivity index (χ0v) is 13.4. The second kappa shape index (κ2) is 6.95. The maximum absolute atomic E-state index is 12.1. The second-order valence-electron chi connectivity index (χ2n) is 6.78. The van der Waals surface area contributed by atoms with Crippen molar-refractivity contribution >= 4 is 11.9 Å². The van der Waals surface area contributed by atoms with Crippen molar-refractivity contribution < 1.29 is 14.7 Å². The molecule has 4 nitrogen and oxygen atoms in total. The van der Waals surface area contributed by atoms with Crippen molar-refractivity contribution in [2.45, 2.75) is 51.9 Å². The lowest BCUT2D eigenvalue weighted by Gasteiger charge is -2.25. The van der Waals surface area contributed by atoms with E-state index in [2.05, 4.69) is 23.5 Å². The molecular formula is C18H25NO3. The first-order chi connectivity index (χ1) is 10.4. The van der Waals surface area contributed by atoms with E-state index in [1.165, 1.54) is 11.1 Å². The predicted octanol–water partition coefficient (Wildman–Crippen LogP) is 3.11. The molecule has 1 aliphatic rings. The Hall–Kier alpha value is -1.84. The lowest BCUT2D eigenvalue weighted by molar-refractivity contribution is -0.147. The lowest BCUT2D eigenvalue weighted by atomic mass is 9.81. The van der Waals surface area contributed by atoms with Gasteiger partial charge in [-0.2, -0.15) is 0 Å². The van der Waals surface area contributed by atoms with Crippen LogP contribution in [0.15, 0.2) is 24.3 Å². The van der Waals surface area contributed by atoms with E-state index in [4.69, 9.17) is 5.11 Å². The highest BCUT2D eigenvalue weighted by molar-refractivity contribution is 5.77. The van der Waals surface area contributed by atoms with Gasteiger partial charge in [0.2, 0.25) is 5.91 Å². The second-order valence-corrected chi connectivity index (χ2v) is 6.78. The maximum atomic E-state index is 12.1. The molecule has 0 spiro atoms. The Balaban J connectivity index is 1.85. The zero-order valence-electron chi connectivity index (χ0n) is 13.4. The zero-order chi connectivity index (χ0) is 16.2. The molecule has 0 fully saturated rings. The number of carbonyl (C=O) groups is 2. The maximum Gasteiger partial charge on any atom is 0.309 e. The summed E-state index contributed by atoms with van der Waals surface area (Å²) in [5.41, 5.74) is 1.86. The summed E-state index contributed by atoms with van der Waals surface area (Å²) in [7, 11) is 0. The minimum absolute atomic E-state index is 0.0166.